The van der Waals surface area contributed by atoms with Crippen LogP contribution >= 0.6 is 0 Å². The standard InChI is InChI=1S/C23H47NO2/c1-4-6-8-10-12-14-16-18-20-24(22(3)23(25)26)21-19-17-15-13-11-9-7-5-2/h22H,4-21H2,1-3H3,(H,25,26)/t22-/m0/s1. The smallest absolute Gasteiger partial charge is 0.320 e. The van der Waals surface area contributed by atoms with Gasteiger partial charge in [-0.3, -0.25) is 9.69 Å². The Kier molecular flexibility index (Phi) is 18.8. The van der Waals surface area contributed by atoms with Gasteiger partial charge in [0.05, 0.1) is 0 Å². The molecule has 1 atom stereocenters. The van der Waals surface area contributed by atoms with E-state index >= 15 is 0 Å². The molecule has 3 heteroatoms. The van der Waals surface area contributed by atoms with Gasteiger partial charge in [0.1, 0.15) is 6.04 Å². The Hall–Kier alpha value is -0.570. The molecule has 0 spiro atoms. The van der Waals surface area contributed by atoms with E-state index in [1.54, 1.807) is 0 Å². The van der Waals surface area contributed by atoms with E-state index in [-0.39, 0.29) is 6.04 Å². The van der Waals surface area contributed by atoms with Gasteiger partial charge in [-0.15, -0.1) is 0 Å². The molecule has 0 saturated heterocycles. The molecule has 0 amide bonds. The molecule has 0 bridgehead atoms. The van der Waals surface area contributed by atoms with E-state index in [1.807, 2.05) is 6.92 Å². The Morgan fingerprint density at radius 3 is 1.27 bits per heavy atom. The number of aliphatic carboxylic acids is 1. The van der Waals surface area contributed by atoms with E-state index < -0.39 is 5.97 Å². The molecule has 0 aromatic carbocycles. The Bertz CT molecular complexity index is 287. The lowest BCUT2D eigenvalue weighted by atomic mass is 10.1. The Morgan fingerprint density at radius 2 is 0.962 bits per heavy atom. The van der Waals surface area contributed by atoms with Crippen molar-refractivity contribution in [2.24, 2.45) is 0 Å². The van der Waals surface area contributed by atoms with E-state index in [0.29, 0.717) is 0 Å². The van der Waals surface area contributed by atoms with Gasteiger partial charge in [0, 0.05) is 0 Å². The van der Waals surface area contributed by atoms with Crippen molar-refractivity contribution >= 4 is 5.97 Å². The van der Waals surface area contributed by atoms with Crippen LogP contribution in [0.1, 0.15) is 124 Å². The van der Waals surface area contributed by atoms with E-state index in [0.717, 1.165) is 25.9 Å². The maximum Gasteiger partial charge on any atom is 0.320 e. The van der Waals surface area contributed by atoms with Crippen LogP contribution in [0.15, 0.2) is 0 Å². The highest BCUT2D eigenvalue weighted by Gasteiger charge is 2.19. The van der Waals surface area contributed by atoms with Gasteiger partial charge in [0.2, 0.25) is 0 Å². The van der Waals surface area contributed by atoms with E-state index in [1.165, 1.54) is 89.9 Å². The summed E-state index contributed by atoms with van der Waals surface area (Å²) in [5, 5.41) is 9.36. The molecule has 156 valence electrons. The molecular formula is C23H47NO2. The van der Waals surface area contributed by atoms with Crippen LogP contribution in [0.2, 0.25) is 0 Å². The first-order valence-corrected chi connectivity index (χ1v) is 11.6. The van der Waals surface area contributed by atoms with Crippen LogP contribution < -0.4 is 0 Å². The minimum absolute atomic E-state index is 0.343. The largest absolute Gasteiger partial charge is 0.480 e. The average molecular weight is 370 g/mol. The van der Waals surface area contributed by atoms with Gasteiger partial charge in [-0.1, -0.05) is 104 Å². The zero-order valence-corrected chi connectivity index (χ0v) is 18.1. The number of carboxylic acid groups (broad SMARTS) is 1. The van der Waals surface area contributed by atoms with Gasteiger partial charge in [0.15, 0.2) is 0 Å². The lowest BCUT2D eigenvalue weighted by molar-refractivity contribution is -0.142. The van der Waals surface area contributed by atoms with Crippen LogP contribution in [-0.2, 0) is 4.79 Å². The average Bonchev–Trinajstić information content (AvgIpc) is 2.63. The predicted octanol–water partition coefficient (Wildman–Crippen LogP) is 7.04. The molecule has 0 fully saturated rings. The summed E-state index contributed by atoms with van der Waals surface area (Å²) in [5.74, 6) is -0.677. The third-order valence-corrected chi connectivity index (χ3v) is 5.50. The fraction of sp³-hybridized carbons (Fsp3) is 0.957. The highest BCUT2D eigenvalue weighted by molar-refractivity contribution is 5.72. The second-order valence-corrected chi connectivity index (χ2v) is 8.00. The summed E-state index contributed by atoms with van der Waals surface area (Å²) in [6.07, 6.45) is 20.9. The molecular weight excluding hydrogens is 322 g/mol. The molecule has 1 N–H and O–H groups in total. The zero-order valence-electron chi connectivity index (χ0n) is 18.1. The Labute approximate surface area is 163 Å². The summed E-state index contributed by atoms with van der Waals surface area (Å²) < 4.78 is 0. The molecule has 0 aliphatic rings. The molecule has 0 rings (SSSR count). The van der Waals surface area contributed by atoms with Crippen LogP contribution in [0.5, 0.6) is 0 Å². The molecule has 0 aliphatic carbocycles. The highest BCUT2D eigenvalue weighted by Crippen LogP contribution is 2.12. The number of rotatable bonds is 20. The van der Waals surface area contributed by atoms with Crippen molar-refractivity contribution in [1.82, 2.24) is 4.90 Å². The van der Waals surface area contributed by atoms with Crippen molar-refractivity contribution in [3.63, 3.8) is 0 Å². The molecule has 0 radical (unpaired) electrons. The molecule has 0 aromatic heterocycles. The number of carboxylic acids is 1. The zero-order chi connectivity index (χ0) is 19.5. The first kappa shape index (κ1) is 25.4. The van der Waals surface area contributed by atoms with E-state index in [4.69, 9.17) is 0 Å². The van der Waals surface area contributed by atoms with Crippen LogP contribution in [0.3, 0.4) is 0 Å². The number of hydrogen-bond donors (Lipinski definition) is 1. The van der Waals surface area contributed by atoms with Gasteiger partial charge < -0.3 is 5.11 Å². The van der Waals surface area contributed by atoms with Crippen molar-refractivity contribution in [2.75, 3.05) is 13.1 Å². The normalized spacial score (nSPS) is 12.6. The lowest BCUT2D eigenvalue weighted by Crippen LogP contribution is -2.40. The Balaban J connectivity index is 3.80. The number of unbranched alkanes of at least 4 members (excludes halogenated alkanes) is 14. The summed E-state index contributed by atoms with van der Waals surface area (Å²) >= 11 is 0. The summed E-state index contributed by atoms with van der Waals surface area (Å²) in [4.78, 5) is 13.6. The lowest BCUT2D eigenvalue weighted by Gasteiger charge is -2.26. The fourth-order valence-corrected chi connectivity index (χ4v) is 3.55. The molecule has 0 unspecified atom stereocenters. The van der Waals surface area contributed by atoms with Gasteiger partial charge in [-0.05, 0) is 32.9 Å². The van der Waals surface area contributed by atoms with Crippen LogP contribution in [0.25, 0.3) is 0 Å². The van der Waals surface area contributed by atoms with Crippen molar-refractivity contribution in [3.8, 4) is 0 Å². The molecule has 0 aromatic rings. The minimum atomic E-state index is -0.677. The minimum Gasteiger partial charge on any atom is -0.480 e. The van der Waals surface area contributed by atoms with Crippen LogP contribution in [0.4, 0.5) is 0 Å². The summed E-state index contributed by atoms with van der Waals surface area (Å²) in [6, 6.07) is -0.343. The molecule has 3 nitrogen and oxygen atoms in total. The van der Waals surface area contributed by atoms with E-state index in [9.17, 15) is 9.90 Å². The van der Waals surface area contributed by atoms with Crippen molar-refractivity contribution in [1.29, 1.82) is 0 Å². The maximum atomic E-state index is 11.4. The molecule has 0 heterocycles. The van der Waals surface area contributed by atoms with Gasteiger partial charge in [-0.2, -0.15) is 0 Å². The summed E-state index contributed by atoms with van der Waals surface area (Å²) in [7, 11) is 0. The molecule has 26 heavy (non-hydrogen) atoms. The molecule has 0 saturated carbocycles. The first-order valence-electron chi connectivity index (χ1n) is 11.6. The van der Waals surface area contributed by atoms with Crippen molar-refractivity contribution in [2.45, 2.75) is 130 Å². The SMILES string of the molecule is CCCCCCCCCCN(CCCCCCCCCC)[C@@H](C)C(=O)O. The third-order valence-electron chi connectivity index (χ3n) is 5.50. The quantitative estimate of drug-likeness (QED) is 0.234. The highest BCUT2D eigenvalue weighted by atomic mass is 16.4. The van der Waals surface area contributed by atoms with E-state index in [2.05, 4.69) is 18.7 Å². The summed E-state index contributed by atoms with van der Waals surface area (Å²) in [6.45, 7) is 8.24. The molecule has 0 aliphatic heterocycles. The Morgan fingerprint density at radius 1 is 0.654 bits per heavy atom. The number of hydrogen-bond acceptors (Lipinski definition) is 2. The third kappa shape index (κ3) is 15.7. The topological polar surface area (TPSA) is 40.5 Å². The second-order valence-electron chi connectivity index (χ2n) is 8.00. The van der Waals surface area contributed by atoms with Crippen molar-refractivity contribution < 1.29 is 9.90 Å². The number of nitrogens with zero attached hydrogens (tertiary/aromatic N) is 1. The van der Waals surface area contributed by atoms with Crippen molar-refractivity contribution in [3.05, 3.63) is 0 Å². The van der Waals surface area contributed by atoms with Gasteiger partial charge >= 0.3 is 5.97 Å². The predicted molar refractivity (Wildman–Crippen MR) is 114 cm³/mol. The summed E-state index contributed by atoms with van der Waals surface area (Å²) in [5.41, 5.74) is 0. The first-order chi connectivity index (χ1) is 12.6. The second kappa shape index (κ2) is 19.2. The maximum absolute atomic E-state index is 11.4. The number of carbonyl (C=O) groups is 1. The fourth-order valence-electron chi connectivity index (χ4n) is 3.55. The van der Waals surface area contributed by atoms with Gasteiger partial charge in [-0.25, -0.2) is 0 Å². The monoisotopic (exact) mass is 369 g/mol. The van der Waals surface area contributed by atoms with Crippen LogP contribution in [0, 0.1) is 0 Å². The van der Waals surface area contributed by atoms with Crippen LogP contribution in [-0.4, -0.2) is 35.1 Å². The van der Waals surface area contributed by atoms with Gasteiger partial charge in [0.25, 0.3) is 0 Å².